The highest BCUT2D eigenvalue weighted by atomic mass is 19.4. The highest BCUT2D eigenvalue weighted by Crippen LogP contribution is 2.34. The van der Waals surface area contributed by atoms with E-state index in [1.54, 1.807) is 10.9 Å². The predicted octanol–water partition coefficient (Wildman–Crippen LogP) is 3.83. The van der Waals surface area contributed by atoms with Crippen LogP contribution >= 0.6 is 0 Å². The van der Waals surface area contributed by atoms with Gasteiger partial charge in [0.1, 0.15) is 11.4 Å². The van der Waals surface area contributed by atoms with Gasteiger partial charge >= 0.3 is 6.18 Å². The van der Waals surface area contributed by atoms with E-state index in [1.807, 2.05) is 6.92 Å². The summed E-state index contributed by atoms with van der Waals surface area (Å²) in [6, 6.07) is 0. The summed E-state index contributed by atoms with van der Waals surface area (Å²) in [5.41, 5.74) is 0.519. The average molecular weight is 342 g/mol. The van der Waals surface area contributed by atoms with Gasteiger partial charge in [-0.25, -0.2) is 4.98 Å². The summed E-state index contributed by atoms with van der Waals surface area (Å²) in [6.45, 7) is 8.80. The van der Waals surface area contributed by atoms with Crippen LogP contribution in [0.5, 0.6) is 0 Å². The Morgan fingerprint density at radius 2 is 1.88 bits per heavy atom. The number of aryl methyl sites for hydroxylation is 1. The molecule has 2 aromatic rings. The first-order valence-electron chi connectivity index (χ1n) is 7.42. The lowest BCUT2D eigenvalue weighted by molar-refractivity contribution is -0.137. The molecule has 0 aliphatic heterocycles. The van der Waals surface area contributed by atoms with Crippen molar-refractivity contribution in [2.45, 2.75) is 40.4 Å². The molecule has 0 fully saturated rings. The van der Waals surface area contributed by atoms with Gasteiger partial charge in [0.15, 0.2) is 0 Å². The molecule has 24 heavy (non-hydrogen) atoms. The number of alkyl halides is 3. The van der Waals surface area contributed by atoms with Crippen molar-refractivity contribution in [3.63, 3.8) is 0 Å². The summed E-state index contributed by atoms with van der Waals surface area (Å²) in [7, 11) is 1.38. The van der Waals surface area contributed by atoms with Crippen molar-refractivity contribution in [2.75, 3.05) is 17.7 Å². The van der Waals surface area contributed by atoms with E-state index < -0.39 is 11.7 Å². The fourth-order valence-corrected chi connectivity index (χ4v) is 2.17. The monoisotopic (exact) mass is 342 g/mol. The third-order valence-corrected chi connectivity index (χ3v) is 3.16. The van der Waals surface area contributed by atoms with Crippen LogP contribution in [0.2, 0.25) is 0 Å². The van der Waals surface area contributed by atoms with Crippen molar-refractivity contribution in [3.05, 3.63) is 23.7 Å². The zero-order valence-corrected chi connectivity index (χ0v) is 14.3. The Balaban J connectivity index is 2.26. The van der Waals surface area contributed by atoms with Crippen molar-refractivity contribution in [3.8, 4) is 0 Å². The van der Waals surface area contributed by atoms with Crippen LogP contribution in [-0.4, -0.2) is 26.8 Å². The lowest BCUT2D eigenvalue weighted by Gasteiger charge is -2.17. The van der Waals surface area contributed by atoms with Gasteiger partial charge in [-0.15, -0.1) is 0 Å². The number of nitrogens with zero attached hydrogens (tertiary/aromatic N) is 4. The van der Waals surface area contributed by atoms with E-state index in [0.717, 1.165) is 6.20 Å². The second-order valence-electron chi connectivity index (χ2n) is 6.72. The van der Waals surface area contributed by atoms with Gasteiger partial charge in [-0.2, -0.15) is 23.3 Å². The predicted molar refractivity (Wildman–Crippen MR) is 86.3 cm³/mol. The molecule has 0 amide bonds. The molecule has 2 N–H and O–H groups in total. The quantitative estimate of drug-likeness (QED) is 0.884. The van der Waals surface area contributed by atoms with E-state index in [-0.39, 0.29) is 17.2 Å². The van der Waals surface area contributed by atoms with Crippen molar-refractivity contribution >= 4 is 17.5 Å². The minimum Gasteiger partial charge on any atom is -0.372 e. The van der Waals surface area contributed by atoms with Gasteiger partial charge in [0.2, 0.25) is 5.95 Å². The molecule has 9 heteroatoms. The second kappa shape index (κ2) is 6.29. The zero-order valence-electron chi connectivity index (χ0n) is 14.3. The van der Waals surface area contributed by atoms with Gasteiger partial charge < -0.3 is 10.6 Å². The van der Waals surface area contributed by atoms with Crippen molar-refractivity contribution < 1.29 is 13.2 Å². The van der Waals surface area contributed by atoms with Crippen LogP contribution in [0, 0.1) is 12.3 Å². The largest absolute Gasteiger partial charge is 0.421 e. The van der Waals surface area contributed by atoms with Crippen molar-refractivity contribution in [1.82, 2.24) is 19.7 Å². The highest BCUT2D eigenvalue weighted by molar-refractivity contribution is 5.57. The fourth-order valence-electron chi connectivity index (χ4n) is 2.17. The second-order valence-corrected chi connectivity index (χ2v) is 6.72. The molecular weight excluding hydrogens is 321 g/mol. The average Bonchev–Trinajstić information content (AvgIpc) is 2.75. The first-order chi connectivity index (χ1) is 11.0. The van der Waals surface area contributed by atoms with Crippen molar-refractivity contribution in [2.24, 2.45) is 5.41 Å². The molecule has 0 saturated heterocycles. The number of nitrogens with one attached hydrogen (secondary N) is 2. The van der Waals surface area contributed by atoms with Gasteiger partial charge in [0.05, 0.1) is 11.4 Å². The molecular formula is C15H21F3N6. The molecule has 0 radical (unpaired) electrons. The van der Waals surface area contributed by atoms with Gasteiger partial charge in [-0.3, -0.25) is 4.68 Å². The molecule has 0 aliphatic carbocycles. The Bertz CT molecular complexity index is 715. The number of hydrogen-bond acceptors (Lipinski definition) is 5. The Kier molecular flexibility index (Phi) is 4.73. The lowest BCUT2D eigenvalue weighted by Crippen LogP contribution is -2.15. The maximum atomic E-state index is 12.9. The van der Waals surface area contributed by atoms with Crippen LogP contribution in [0.3, 0.4) is 0 Å². The fraction of sp³-hybridized carbons (Fsp3) is 0.533. The van der Waals surface area contributed by atoms with Gasteiger partial charge in [-0.1, -0.05) is 20.8 Å². The molecule has 0 unspecified atom stereocenters. The van der Waals surface area contributed by atoms with Gasteiger partial charge in [0.25, 0.3) is 0 Å². The lowest BCUT2D eigenvalue weighted by atomic mass is 9.97. The summed E-state index contributed by atoms with van der Waals surface area (Å²) in [4.78, 5) is 7.64. The maximum absolute atomic E-state index is 12.9. The molecule has 0 aliphatic rings. The number of rotatable bonds is 4. The smallest absolute Gasteiger partial charge is 0.372 e. The first kappa shape index (κ1) is 18.0. The SMILES string of the molecule is CNc1nc(Nc2cn(CC(C)(C)C)nc2C)ncc1C(F)(F)F. The molecule has 2 rings (SSSR count). The normalized spacial score (nSPS) is 12.3. The molecule has 132 valence electrons. The summed E-state index contributed by atoms with van der Waals surface area (Å²) in [5, 5.41) is 9.76. The summed E-state index contributed by atoms with van der Waals surface area (Å²) < 4.78 is 40.4. The van der Waals surface area contributed by atoms with Crippen molar-refractivity contribution in [1.29, 1.82) is 0 Å². The minimum atomic E-state index is -4.51. The highest BCUT2D eigenvalue weighted by Gasteiger charge is 2.35. The first-order valence-corrected chi connectivity index (χ1v) is 7.42. The Labute approximate surface area is 138 Å². The van der Waals surface area contributed by atoms with Gasteiger partial charge in [0, 0.05) is 26.0 Å². The minimum absolute atomic E-state index is 0.0554. The molecule has 2 heterocycles. The topological polar surface area (TPSA) is 67.7 Å². The van der Waals surface area contributed by atoms with E-state index in [0.29, 0.717) is 17.9 Å². The third-order valence-electron chi connectivity index (χ3n) is 3.16. The van der Waals surface area contributed by atoms with E-state index >= 15 is 0 Å². The van der Waals surface area contributed by atoms with E-state index in [9.17, 15) is 13.2 Å². The maximum Gasteiger partial charge on any atom is 0.421 e. The standard InChI is InChI=1S/C15H21F3N6/c1-9-11(7-24(23-9)8-14(2,3)4)21-13-20-6-10(15(16,17)18)12(19-5)22-13/h6-7H,8H2,1-5H3,(H2,19,20,21,22). The molecule has 0 aromatic carbocycles. The van der Waals surface area contributed by atoms with Crippen LogP contribution in [-0.2, 0) is 12.7 Å². The summed E-state index contributed by atoms with van der Waals surface area (Å²) in [6.07, 6.45) is -1.96. The van der Waals surface area contributed by atoms with Crippen LogP contribution in [0.1, 0.15) is 32.0 Å². The van der Waals surface area contributed by atoms with E-state index in [2.05, 4.69) is 46.5 Å². The molecule has 0 atom stereocenters. The molecule has 6 nitrogen and oxygen atoms in total. The molecule has 0 saturated carbocycles. The van der Waals surface area contributed by atoms with E-state index in [4.69, 9.17) is 0 Å². The number of hydrogen-bond donors (Lipinski definition) is 2. The number of halogens is 3. The summed E-state index contributed by atoms with van der Waals surface area (Å²) in [5.74, 6) is -0.203. The van der Waals surface area contributed by atoms with Crippen LogP contribution < -0.4 is 10.6 Å². The Morgan fingerprint density at radius 3 is 2.42 bits per heavy atom. The summed E-state index contributed by atoms with van der Waals surface area (Å²) >= 11 is 0. The third kappa shape index (κ3) is 4.36. The van der Waals surface area contributed by atoms with Crippen LogP contribution in [0.4, 0.5) is 30.6 Å². The van der Waals surface area contributed by atoms with Gasteiger partial charge in [-0.05, 0) is 12.3 Å². The van der Waals surface area contributed by atoms with E-state index in [1.165, 1.54) is 7.05 Å². The van der Waals surface area contributed by atoms with Crippen LogP contribution in [0.15, 0.2) is 12.4 Å². The number of anilines is 3. The molecule has 0 bridgehead atoms. The molecule has 0 spiro atoms. The Morgan fingerprint density at radius 1 is 1.21 bits per heavy atom. The Hall–Kier alpha value is -2.32. The molecule has 2 aromatic heterocycles. The van der Waals surface area contributed by atoms with Crippen LogP contribution in [0.25, 0.3) is 0 Å². The zero-order chi connectivity index (χ0) is 18.1. The number of aromatic nitrogens is 4.